The minimum absolute atomic E-state index is 0.0147. The van der Waals surface area contributed by atoms with Crippen LogP contribution in [-0.2, 0) is 0 Å². The maximum absolute atomic E-state index is 13.0. The Bertz CT molecular complexity index is 838. The fourth-order valence-electron chi connectivity index (χ4n) is 2.45. The molecule has 0 aliphatic rings. The summed E-state index contributed by atoms with van der Waals surface area (Å²) in [6.45, 7) is 2.83. The number of halogens is 1. The summed E-state index contributed by atoms with van der Waals surface area (Å²) in [7, 11) is 0. The van der Waals surface area contributed by atoms with Crippen molar-refractivity contribution >= 4 is 11.9 Å². The molecule has 0 unspecified atom stereocenters. The fraction of sp³-hybridized carbons (Fsp3) is 0.133. The van der Waals surface area contributed by atoms with Crippen molar-refractivity contribution < 1.29 is 19.1 Å². The number of aromatic carboxylic acids is 1. The number of aromatic nitrogens is 1. The van der Waals surface area contributed by atoms with E-state index in [9.17, 15) is 23.9 Å². The van der Waals surface area contributed by atoms with Gasteiger partial charge in [0.05, 0.1) is 5.56 Å². The molecule has 1 heterocycles. The maximum Gasteiger partial charge on any atom is 0.341 e. The highest BCUT2D eigenvalue weighted by Gasteiger charge is 2.24. The molecule has 1 amide bonds. The molecule has 0 saturated carbocycles. The Morgan fingerprint density at radius 2 is 1.68 bits per heavy atom. The van der Waals surface area contributed by atoms with Gasteiger partial charge in [-0.2, -0.15) is 0 Å². The van der Waals surface area contributed by atoms with Gasteiger partial charge in [0, 0.05) is 11.4 Å². The van der Waals surface area contributed by atoms with Crippen LogP contribution in [0.3, 0.4) is 0 Å². The summed E-state index contributed by atoms with van der Waals surface area (Å²) < 4.78 is 14.1. The van der Waals surface area contributed by atoms with Gasteiger partial charge in [0.2, 0.25) is 0 Å². The van der Waals surface area contributed by atoms with Crippen LogP contribution in [0.15, 0.2) is 29.1 Å². The van der Waals surface area contributed by atoms with Crippen molar-refractivity contribution in [2.75, 3.05) is 0 Å². The number of nitrogens with zero attached hydrogens (tertiary/aromatic N) is 1. The first-order chi connectivity index (χ1) is 10.3. The number of carboxylic acid groups (broad SMARTS) is 1. The first-order valence-electron chi connectivity index (χ1n) is 6.31. The van der Waals surface area contributed by atoms with Crippen LogP contribution >= 0.6 is 0 Å². The fourth-order valence-corrected chi connectivity index (χ4v) is 2.45. The van der Waals surface area contributed by atoms with Gasteiger partial charge in [-0.3, -0.25) is 14.2 Å². The minimum atomic E-state index is -1.46. The standard InChI is InChI=1S/C15H13FN2O4/c1-7-11(13(17)19)8(2)18(14(20)12(7)15(21)22)10-5-3-9(16)4-6-10/h3-6H,1-2H3,(H2,17,19)(H,21,22). The van der Waals surface area contributed by atoms with E-state index in [-0.39, 0.29) is 22.5 Å². The lowest BCUT2D eigenvalue weighted by atomic mass is 10.0. The van der Waals surface area contributed by atoms with Crippen molar-refractivity contribution in [3.8, 4) is 5.69 Å². The number of primary amides is 1. The smallest absolute Gasteiger partial charge is 0.341 e. The maximum atomic E-state index is 13.0. The first-order valence-corrected chi connectivity index (χ1v) is 6.31. The zero-order valence-corrected chi connectivity index (χ0v) is 11.9. The second-order valence-corrected chi connectivity index (χ2v) is 4.75. The molecule has 0 fully saturated rings. The van der Waals surface area contributed by atoms with E-state index in [4.69, 9.17) is 5.73 Å². The van der Waals surface area contributed by atoms with Crippen molar-refractivity contribution in [3.63, 3.8) is 0 Å². The van der Waals surface area contributed by atoms with Crippen molar-refractivity contribution in [3.05, 3.63) is 62.8 Å². The highest BCUT2D eigenvalue weighted by Crippen LogP contribution is 2.18. The van der Waals surface area contributed by atoms with E-state index in [1.54, 1.807) is 0 Å². The summed E-state index contributed by atoms with van der Waals surface area (Å²) in [5.41, 5.74) is 4.37. The van der Waals surface area contributed by atoms with Crippen LogP contribution in [-0.4, -0.2) is 21.6 Å². The lowest BCUT2D eigenvalue weighted by Gasteiger charge is -2.16. The van der Waals surface area contributed by atoms with E-state index < -0.39 is 28.8 Å². The molecular weight excluding hydrogens is 291 g/mol. The molecule has 0 saturated heterocycles. The Labute approximate surface area is 124 Å². The van der Waals surface area contributed by atoms with Crippen LogP contribution in [0.2, 0.25) is 0 Å². The van der Waals surface area contributed by atoms with Gasteiger partial charge >= 0.3 is 5.97 Å². The second-order valence-electron chi connectivity index (χ2n) is 4.75. The van der Waals surface area contributed by atoms with E-state index in [1.165, 1.54) is 26.0 Å². The van der Waals surface area contributed by atoms with Gasteiger partial charge in [0.25, 0.3) is 11.5 Å². The highest BCUT2D eigenvalue weighted by molar-refractivity contribution is 5.99. The Hall–Kier alpha value is -2.96. The topological polar surface area (TPSA) is 102 Å². The normalized spacial score (nSPS) is 10.5. The number of nitrogens with two attached hydrogens (primary N) is 1. The third-order valence-corrected chi connectivity index (χ3v) is 3.41. The van der Waals surface area contributed by atoms with E-state index in [0.717, 1.165) is 16.7 Å². The molecule has 0 radical (unpaired) electrons. The molecular formula is C15H13FN2O4. The third kappa shape index (κ3) is 2.37. The van der Waals surface area contributed by atoms with E-state index in [2.05, 4.69) is 0 Å². The number of amides is 1. The molecule has 7 heteroatoms. The van der Waals surface area contributed by atoms with Crippen molar-refractivity contribution in [2.45, 2.75) is 13.8 Å². The Morgan fingerprint density at radius 1 is 1.14 bits per heavy atom. The van der Waals surface area contributed by atoms with Crippen molar-refractivity contribution in [1.82, 2.24) is 4.57 Å². The molecule has 6 nitrogen and oxygen atoms in total. The summed E-state index contributed by atoms with van der Waals surface area (Å²) in [4.78, 5) is 35.4. The van der Waals surface area contributed by atoms with Gasteiger partial charge in [-0.25, -0.2) is 9.18 Å². The predicted octanol–water partition coefficient (Wildman–Crippen LogP) is 1.39. The quantitative estimate of drug-likeness (QED) is 0.894. The highest BCUT2D eigenvalue weighted by atomic mass is 19.1. The number of carbonyl (C=O) groups excluding carboxylic acids is 1. The molecule has 2 rings (SSSR count). The summed E-state index contributed by atoms with van der Waals surface area (Å²) in [6, 6.07) is 4.89. The van der Waals surface area contributed by atoms with Gasteiger partial charge in [-0.1, -0.05) is 0 Å². The van der Waals surface area contributed by atoms with Crippen molar-refractivity contribution in [1.29, 1.82) is 0 Å². The van der Waals surface area contributed by atoms with E-state index in [0.29, 0.717) is 0 Å². The Morgan fingerprint density at radius 3 is 2.14 bits per heavy atom. The Kier molecular flexibility index (Phi) is 3.81. The Balaban J connectivity index is 2.95. The zero-order chi connectivity index (χ0) is 16.6. The van der Waals surface area contributed by atoms with E-state index in [1.807, 2.05) is 0 Å². The van der Waals surface area contributed by atoms with Crippen LogP contribution in [0.1, 0.15) is 32.0 Å². The monoisotopic (exact) mass is 304 g/mol. The summed E-state index contributed by atoms with van der Waals surface area (Å²) >= 11 is 0. The number of hydrogen-bond donors (Lipinski definition) is 2. The molecule has 3 N–H and O–H groups in total. The predicted molar refractivity (Wildman–Crippen MR) is 76.9 cm³/mol. The summed E-state index contributed by atoms with van der Waals surface area (Å²) in [5.74, 6) is -2.80. The molecule has 0 aliphatic heterocycles. The van der Waals surface area contributed by atoms with Gasteiger partial charge < -0.3 is 10.8 Å². The molecule has 0 spiro atoms. The minimum Gasteiger partial charge on any atom is -0.477 e. The molecule has 114 valence electrons. The molecule has 1 aromatic heterocycles. The first kappa shape index (κ1) is 15.4. The zero-order valence-electron chi connectivity index (χ0n) is 11.9. The number of rotatable bonds is 3. The molecule has 2 aromatic rings. The van der Waals surface area contributed by atoms with Gasteiger partial charge in [-0.05, 0) is 43.7 Å². The van der Waals surface area contributed by atoms with Crippen LogP contribution in [0.5, 0.6) is 0 Å². The van der Waals surface area contributed by atoms with Crippen LogP contribution in [0.4, 0.5) is 4.39 Å². The molecule has 22 heavy (non-hydrogen) atoms. The number of hydrogen-bond acceptors (Lipinski definition) is 3. The molecule has 0 bridgehead atoms. The number of benzene rings is 1. The second kappa shape index (κ2) is 5.44. The number of carbonyl (C=O) groups is 2. The summed E-state index contributed by atoms with van der Waals surface area (Å²) in [6.07, 6.45) is 0. The van der Waals surface area contributed by atoms with Crippen LogP contribution in [0, 0.1) is 19.7 Å². The molecule has 0 atom stereocenters. The number of carboxylic acids is 1. The summed E-state index contributed by atoms with van der Waals surface area (Å²) in [5, 5.41) is 9.23. The molecule has 0 aliphatic carbocycles. The van der Waals surface area contributed by atoms with Crippen molar-refractivity contribution in [2.24, 2.45) is 5.73 Å². The largest absolute Gasteiger partial charge is 0.477 e. The molecule has 1 aromatic carbocycles. The van der Waals surface area contributed by atoms with Gasteiger partial charge in [-0.15, -0.1) is 0 Å². The lowest BCUT2D eigenvalue weighted by Crippen LogP contribution is -2.32. The SMILES string of the molecule is Cc1c(C(N)=O)c(C)n(-c2ccc(F)cc2)c(=O)c1C(=O)O. The van der Waals surface area contributed by atoms with Gasteiger partial charge in [0.1, 0.15) is 11.4 Å². The van der Waals surface area contributed by atoms with Crippen LogP contribution in [0.25, 0.3) is 5.69 Å². The average molecular weight is 304 g/mol. The third-order valence-electron chi connectivity index (χ3n) is 3.41. The lowest BCUT2D eigenvalue weighted by molar-refractivity contribution is 0.0693. The van der Waals surface area contributed by atoms with E-state index >= 15 is 0 Å². The van der Waals surface area contributed by atoms with Gasteiger partial charge in [0.15, 0.2) is 0 Å². The number of pyridine rings is 1. The van der Waals surface area contributed by atoms with Crippen LogP contribution < -0.4 is 11.3 Å². The average Bonchev–Trinajstić information content (AvgIpc) is 2.39.